The molecule has 18 heavy (non-hydrogen) atoms. The molecular weight excluding hydrogens is 230 g/mol. The predicted octanol–water partition coefficient (Wildman–Crippen LogP) is 2.10. The Morgan fingerprint density at radius 3 is 2.67 bits per heavy atom. The van der Waals surface area contributed by atoms with E-state index in [4.69, 9.17) is 5.11 Å². The summed E-state index contributed by atoms with van der Waals surface area (Å²) in [5.41, 5.74) is 0.228. The minimum absolute atomic E-state index is 0.0607. The Kier molecular flexibility index (Phi) is 3.73. The summed E-state index contributed by atoms with van der Waals surface area (Å²) in [5, 5.41) is 11.7. The molecule has 2 aliphatic carbocycles. The van der Waals surface area contributed by atoms with Gasteiger partial charge in [0.05, 0.1) is 0 Å². The fourth-order valence-corrected chi connectivity index (χ4v) is 3.16. The first-order valence-corrected chi connectivity index (χ1v) is 6.73. The third-order valence-corrected chi connectivity index (χ3v) is 4.38. The fraction of sp³-hybridized carbons (Fsp3) is 0.714. The van der Waals surface area contributed by atoms with E-state index in [9.17, 15) is 9.59 Å². The molecule has 0 bridgehead atoms. The molecule has 4 nitrogen and oxygen atoms in total. The van der Waals surface area contributed by atoms with Gasteiger partial charge in [-0.2, -0.15) is 0 Å². The average Bonchev–Trinajstić information content (AvgIpc) is 2.82. The number of nitrogens with one attached hydrogen (secondary N) is 1. The maximum Gasteiger partial charge on any atom is 0.326 e. The van der Waals surface area contributed by atoms with Gasteiger partial charge in [-0.3, -0.25) is 4.79 Å². The monoisotopic (exact) mass is 251 g/mol. The van der Waals surface area contributed by atoms with Gasteiger partial charge in [-0.1, -0.05) is 18.9 Å². The normalized spacial score (nSPS) is 25.7. The molecule has 0 saturated heterocycles. The van der Waals surface area contributed by atoms with E-state index in [-0.39, 0.29) is 17.2 Å². The molecule has 2 fully saturated rings. The Morgan fingerprint density at radius 1 is 1.44 bits per heavy atom. The van der Waals surface area contributed by atoms with Gasteiger partial charge < -0.3 is 10.4 Å². The van der Waals surface area contributed by atoms with E-state index in [1.807, 2.05) is 0 Å². The van der Waals surface area contributed by atoms with Crippen molar-refractivity contribution < 1.29 is 14.7 Å². The molecule has 2 saturated carbocycles. The highest BCUT2D eigenvalue weighted by Gasteiger charge is 2.58. The highest BCUT2D eigenvalue weighted by molar-refractivity contribution is 5.87. The van der Waals surface area contributed by atoms with Crippen molar-refractivity contribution in [2.24, 2.45) is 11.3 Å². The minimum Gasteiger partial charge on any atom is -0.480 e. The van der Waals surface area contributed by atoms with Crippen LogP contribution in [0.3, 0.4) is 0 Å². The van der Waals surface area contributed by atoms with Crippen molar-refractivity contribution in [1.82, 2.24) is 5.32 Å². The molecule has 100 valence electrons. The van der Waals surface area contributed by atoms with E-state index < -0.39 is 12.0 Å². The second-order valence-corrected chi connectivity index (χ2v) is 5.59. The van der Waals surface area contributed by atoms with Crippen molar-refractivity contribution >= 4 is 11.9 Å². The van der Waals surface area contributed by atoms with Gasteiger partial charge in [0, 0.05) is 5.92 Å². The average molecular weight is 251 g/mol. The zero-order valence-corrected chi connectivity index (χ0v) is 10.7. The summed E-state index contributed by atoms with van der Waals surface area (Å²) >= 11 is 0. The van der Waals surface area contributed by atoms with E-state index in [0.29, 0.717) is 12.8 Å². The molecular formula is C14H21NO3. The van der Waals surface area contributed by atoms with Gasteiger partial charge in [0.25, 0.3) is 0 Å². The molecule has 0 radical (unpaired) electrons. The molecule has 0 aromatic carbocycles. The number of amides is 1. The Hall–Kier alpha value is -1.32. The molecule has 0 heterocycles. The Bertz CT molecular complexity index is 358. The van der Waals surface area contributed by atoms with Crippen molar-refractivity contribution in [3.63, 3.8) is 0 Å². The molecule has 4 heteroatoms. The molecule has 0 aromatic heterocycles. The molecule has 1 spiro atoms. The summed E-state index contributed by atoms with van der Waals surface area (Å²) in [7, 11) is 0. The summed E-state index contributed by atoms with van der Waals surface area (Å²) in [6.07, 6.45) is 8.35. The van der Waals surface area contributed by atoms with Crippen LogP contribution in [0.25, 0.3) is 0 Å². The van der Waals surface area contributed by atoms with Crippen LogP contribution in [0.5, 0.6) is 0 Å². The number of rotatable bonds is 6. The van der Waals surface area contributed by atoms with Gasteiger partial charge in [0.2, 0.25) is 5.91 Å². The fourth-order valence-electron chi connectivity index (χ4n) is 3.16. The van der Waals surface area contributed by atoms with Crippen LogP contribution in [0.1, 0.15) is 44.9 Å². The molecule has 2 aliphatic rings. The summed E-state index contributed by atoms with van der Waals surface area (Å²) in [5.74, 6) is -0.953. The van der Waals surface area contributed by atoms with Crippen LogP contribution in [-0.4, -0.2) is 23.0 Å². The lowest BCUT2D eigenvalue weighted by atomic mass is 10.0. The number of hydrogen-bond acceptors (Lipinski definition) is 2. The third-order valence-electron chi connectivity index (χ3n) is 4.38. The van der Waals surface area contributed by atoms with Crippen molar-refractivity contribution in [1.29, 1.82) is 0 Å². The van der Waals surface area contributed by atoms with Crippen molar-refractivity contribution in [2.75, 3.05) is 0 Å². The second kappa shape index (κ2) is 5.12. The first-order valence-electron chi connectivity index (χ1n) is 6.73. The lowest BCUT2D eigenvalue weighted by Crippen LogP contribution is -2.42. The van der Waals surface area contributed by atoms with Gasteiger partial charge in [-0.05, 0) is 37.5 Å². The van der Waals surface area contributed by atoms with Crippen molar-refractivity contribution in [3.05, 3.63) is 12.7 Å². The highest BCUT2D eigenvalue weighted by Crippen LogP contribution is 2.62. The summed E-state index contributed by atoms with van der Waals surface area (Å²) < 4.78 is 0. The minimum atomic E-state index is -0.952. The maximum absolute atomic E-state index is 12.0. The summed E-state index contributed by atoms with van der Waals surface area (Å²) in [4.78, 5) is 23.1. The number of carboxylic acid groups (broad SMARTS) is 1. The number of carboxylic acids is 1. The molecule has 2 atom stereocenters. The van der Waals surface area contributed by atoms with Crippen molar-refractivity contribution in [2.45, 2.75) is 51.0 Å². The quantitative estimate of drug-likeness (QED) is 0.710. The lowest BCUT2D eigenvalue weighted by Gasteiger charge is -2.15. The standard InChI is InChI=1S/C14H21NO3/c1-2-3-6-11(13(17)18)15-12(16)10-9-14(10)7-4-5-8-14/h2,10-11H,1,3-9H2,(H,15,16)(H,17,18). The predicted molar refractivity (Wildman–Crippen MR) is 68.0 cm³/mol. The van der Waals surface area contributed by atoms with Gasteiger partial charge >= 0.3 is 5.97 Å². The highest BCUT2D eigenvalue weighted by atomic mass is 16.4. The number of allylic oxidation sites excluding steroid dienone is 1. The first kappa shape index (κ1) is 13.1. The summed E-state index contributed by atoms with van der Waals surface area (Å²) in [6.45, 7) is 3.57. The van der Waals surface area contributed by atoms with Crippen LogP contribution in [-0.2, 0) is 9.59 Å². The van der Waals surface area contributed by atoms with E-state index >= 15 is 0 Å². The van der Waals surface area contributed by atoms with E-state index in [1.165, 1.54) is 12.8 Å². The number of aliphatic carboxylic acids is 1. The molecule has 2 rings (SSSR count). The smallest absolute Gasteiger partial charge is 0.326 e. The van der Waals surface area contributed by atoms with E-state index in [0.717, 1.165) is 19.3 Å². The van der Waals surface area contributed by atoms with E-state index in [1.54, 1.807) is 6.08 Å². The van der Waals surface area contributed by atoms with E-state index in [2.05, 4.69) is 11.9 Å². The molecule has 1 amide bonds. The van der Waals surface area contributed by atoms with Crippen LogP contribution in [0.2, 0.25) is 0 Å². The molecule has 0 aromatic rings. The Labute approximate surface area is 107 Å². The Balaban J connectivity index is 1.86. The van der Waals surface area contributed by atoms with Crippen LogP contribution in [0.4, 0.5) is 0 Å². The Morgan fingerprint density at radius 2 is 2.11 bits per heavy atom. The zero-order chi connectivity index (χ0) is 13.2. The van der Waals surface area contributed by atoms with Crippen molar-refractivity contribution in [3.8, 4) is 0 Å². The van der Waals surface area contributed by atoms with Crippen LogP contribution in [0, 0.1) is 11.3 Å². The molecule has 0 aliphatic heterocycles. The lowest BCUT2D eigenvalue weighted by molar-refractivity contribution is -0.142. The second-order valence-electron chi connectivity index (χ2n) is 5.59. The van der Waals surface area contributed by atoms with Gasteiger partial charge in [-0.15, -0.1) is 6.58 Å². The van der Waals surface area contributed by atoms with Crippen LogP contribution < -0.4 is 5.32 Å². The summed E-state index contributed by atoms with van der Waals surface area (Å²) in [6, 6.07) is -0.769. The van der Waals surface area contributed by atoms with Gasteiger partial charge in [0.1, 0.15) is 6.04 Å². The SMILES string of the molecule is C=CCCC(NC(=O)C1CC12CCCC2)C(=O)O. The molecule has 2 unspecified atom stereocenters. The topological polar surface area (TPSA) is 66.4 Å². The van der Waals surface area contributed by atoms with Gasteiger partial charge in [0.15, 0.2) is 0 Å². The zero-order valence-electron chi connectivity index (χ0n) is 10.7. The van der Waals surface area contributed by atoms with Crippen LogP contribution >= 0.6 is 0 Å². The number of carbonyl (C=O) groups excluding carboxylic acids is 1. The number of hydrogen-bond donors (Lipinski definition) is 2. The third kappa shape index (κ3) is 2.57. The molecule has 2 N–H and O–H groups in total. The maximum atomic E-state index is 12.0. The van der Waals surface area contributed by atoms with Crippen LogP contribution in [0.15, 0.2) is 12.7 Å². The first-order chi connectivity index (χ1) is 8.59. The largest absolute Gasteiger partial charge is 0.480 e. The van der Waals surface area contributed by atoms with Gasteiger partial charge in [-0.25, -0.2) is 4.79 Å². The number of carbonyl (C=O) groups is 2.